The maximum atomic E-state index is 10.7. The smallest absolute Gasteiger partial charge is 0.271 e. The first-order valence-corrected chi connectivity index (χ1v) is 5.48. The molecule has 94 valence electrons. The van der Waals surface area contributed by atoms with E-state index in [1.165, 1.54) is 16.8 Å². The van der Waals surface area contributed by atoms with Crippen molar-refractivity contribution in [3.05, 3.63) is 51.3 Å². The topological polar surface area (TPSA) is 70.2 Å². The third-order valence-electron chi connectivity index (χ3n) is 2.29. The number of ether oxygens (including phenoxy) is 1. The molecule has 0 bridgehead atoms. The van der Waals surface area contributed by atoms with Gasteiger partial charge in [0.05, 0.1) is 22.9 Å². The molecule has 1 heterocycles. The first-order chi connectivity index (χ1) is 8.61. The minimum absolute atomic E-state index is 0.00708. The molecule has 0 amide bonds. The Labute approximate surface area is 108 Å². The highest BCUT2D eigenvalue weighted by Gasteiger charge is 2.11. The molecule has 0 aliphatic heterocycles. The van der Waals surface area contributed by atoms with Gasteiger partial charge in [-0.25, -0.2) is 4.68 Å². The van der Waals surface area contributed by atoms with Crippen LogP contribution in [0.15, 0.2) is 30.3 Å². The molecular formula is C11H10ClN3O3. The van der Waals surface area contributed by atoms with Crippen LogP contribution in [0.2, 0.25) is 5.15 Å². The van der Waals surface area contributed by atoms with Crippen LogP contribution >= 0.6 is 11.6 Å². The summed E-state index contributed by atoms with van der Waals surface area (Å²) < 4.78 is 6.38. The Hall–Kier alpha value is -1.92. The molecule has 1 aromatic heterocycles. The van der Waals surface area contributed by atoms with Gasteiger partial charge in [0.2, 0.25) is 0 Å². The van der Waals surface area contributed by atoms with Crippen molar-refractivity contribution in [2.24, 2.45) is 0 Å². The number of methoxy groups -OCH3 is 1. The van der Waals surface area contributed by atoms with E-state index in [2.05, 4.69) is 5.10 Å². The third-order valence-corrected chi connectivity index (χ3v) is 2.56. The lowest BCUT2D eigenvalue weighted by Crippen LogP contribution is -1.99. The van der Waals surface area contributed by atoms with E-state index in [9.17, 15) is 10.1 Å². The minimum Gasteiger partial charge on any atom is -0.378 e. The van der Waals surface area contributed by atoms with Gasteiger partial charge >= 0.3 is 0 Å². The Morgan fingerprint density at radius 2 is 2.28 bits per heavy atom. The van der Waals surface area contributed by atoms with Gasteiger partial charge in [0.15, 0.2) is 0 Å². The fourth-order valence-electron chi connectivity index (χ4n) is 1.54. The fourth-order valence-corrected chi connectivity index (χ4v) is 1.80. The summed E-state index contributed by atoms with van der Waals surface area (Å²) in [5, 5.41) is 15.3. The molecule has 18 heavy (non-hydrogen) atoms. The highest BCUT2D eigenvalue weighted by atomic mass is 35.5. The van der Waals surface area contributed by atoms with Gasteiger partial charge in [0.1, 0.15) is 5.15 Å². The van der Waals surface area contributed by atoms with Crippen molar-refractivity contribution in [2.75, 3.05) is 7.11 Å². The number of hydrogen-bond acceptors (Lipinski definition) is 4. The molecule has 0 radical (unpaired) electrons. The van der Waals surface area contributed by atoms with Crippen molar-refractivity contribution in [1.29, 1.82) is 0 Å². The zero-order valence-corrected chi connectivity index (χ0v) is 10.3. The Kier molecular flexibility index (Phi) is 3.59. The van der Waals surface area contributed by atoms with Crippen molar-refractivity contribution in [1.82, 2.24) is 9.78 Å². The normalized spacial score (nSPS) is 10.6. The van der Waals surface area contributed by atoms with E-state index in [1.54, 1.807) is 25.3 Å². The van der Waals surface area contributed by atoms with Gasteiger partial charge < -0.3 is 4.74 Å². The van der Waals surface area contributed by atoms with Crippen LogP contribution < -0.4 is 0 Å². The van der Waals surface area contributed by atoms with Crippen molar-refractivity contribution in [2.45, 2.75) is 6.61 Å². The maximum Gasteiger partial charge on any atom is 0.271 e. The summed E-state index contributed by atoms with van der Waals surface area (Å²) >= 11 is 6.02. The third kappa shape index (κ3) is 2.49. The number of benzene rings is 1. The van der Waals surface area contributed by atoms with Crippen molar-refractivity contribution < 1.29 is 9.66 Å². The largest absolute Gasteiger partial charge is 0.378 e. The average Bonchev–Trinajstić information content (AvgIpc) is 2.71. The molecule has 2 aromatic rings. The van der Waals surface area contributed by atoms with Crippen LogP contribution in [0.3, 0.4) is 0 Å². The van der Waals surface area contributed by atoms with Crippen LogP contribution in [-0.2, 0) is 11.3 Å². The van der Waals surface area contributed by atoms with Gasteiger partial charge in [-0.2, -0.15) is 5.10 Å². The molecular weight excluding hydrogens is 258 g/mol. The highest BCUT2D eigenvalue weighted by molar-refractivity contribution is 6.29. The number of rotatable bonds is 4. The number of nitrogens with zero attached hydrogens (tertiary/aromatic N) is 3. The molecule has 7 heteroatoms. The van der Waals surface area contributed by atoms with Crippen molar-refractivity contribution >= 4 is 17.3 Å². The van der Waals surface area contributed by atoms with Gasteiger partial charge in [-0.3, -0.25) is 10.1 Å². The molecule has 1 aromatic carbocycles. The second-order valence-corrected chi connectivity index (χ2v) is 3.97. The van der Waals surface area contributed by atoms with Gasteiger partial charge in [0, 0.05) is 25.3 Å². The van der Waals surface area contributed by atoms with E-state index in [4.69, 9.17) is 16.3 Å². The van der Waals surface area contributed by atoms with E-state index in [1.807, 2.05) is 0 Å². The SMILES string of the molecule is COCc1cc(Cl)n(-c2cccc([N+](=O)[O-])c2)n1. The van der Waals surface area contributed by atoms with E-state index in [0.29, 0.717) is 23.1 Å². The minimum atomic E-state index is -0.461. The molecule has 6 nitrogen and oxygen atoms in total. The standard InChI is InChI=1S/C11H10ClN3O3/c1-18-7-8-5-11(12)14(13-8)9-3-2-4-10(6-9)15(16)17/h2-6H,7H2,1H3. The molecule has 0 aliphatic rings. The number of aromatic nitrogens is 2. The van der Waals surface area contributed by atoms with E-state index in [0.717, 1.165) is 0 Å². The number of halogens is 1. The lowest BCUT2D eigenvalue weighted by Gasteiger charge is -2.02. The molecule has 0 unspecified atom stereocenters. The fraction of sp³-hybridized carbons (Fsp3) is 0.182. The van der Waals surface area contributed by atoms with Crippen molar-refractivity contribution in [3.8, 4) is 5.69 Å². The molecule has 0 atom stereocenters. The maximum absolute atomic E-state index is 10.7. The molecule has 0 fully saturated rings. The van der Waals surface area contributed by atoms with Crippen LogP contribution in [-0.4, -0.2) is 21.8 Å². The Balaban J connectivity index is 2.41. The highest BCUT2D eigenvalue weighted by Crippen LogP contribution is 2.21. The van der Waals surface area contributed by atoms with Gasteiger partial charge in [0.25, 0.3) is 5.69 Å². The second kappa shape index (κ2) is 5.16. The number of hydrogen-bond donors (Lipinski definition) is 0. The molecule has 0 saturated carbocycles. The van der Waals surface area contributed by atoms with E-state index < -0.39 is 4.92 Å². The Morgan fingerprint density at radius 3 is 2.94 bits per heavy atom. The van der Waals surface area contributed by atoms with Crippen molar-refractivity contribution in [3.63, 3.8) is 0 Å². The van der Waals surface area contributed by atoms with E-state index >= 15 is 0 Å². The van der Waals surface area contributed by atoms with Gasteiger partial charge in [-0.15, -0.1) is 0 Å². The summed E-state index contributed by atoms with van der Waals surface area (Å²) in [5.41, 5.74) is 1.19. The van der Waals surface area contributed by atoms with Crippen LogP contribution in [0.25, 0.3) is 5.69 Å². The van der Waals surface area contributed by atoms with Crippen LogP contribution in [0.1, 0.15) is 5.69 Å². The molecule has 2 rings (SSSR count). The molecule has 0 aliphatic carbocycles. The Bertz CT molecular complexity index is 583. The number of non-ortho nitro benzene ring substituents is 1. The molecule has 0 spiro atoms. The summed E-state index contributed by atoms with van der Waals surface area (Å²) in [6.07, 6.45) is 0. The van der Waals surface area contributed by atoms with Crippen LogP contribution in [0.4, 0.5) is 5.69 Å². The monoisotopic (exact) mass is 267 g/mol. The van der Waals surface area contributed by atoms with Gasteiger partial charge in [-0.05, 0) is 6.07 Å². The zero-order valence-electron chi connectivity index (χ0n) is 9.54. The summed E-state index contributed by atoms with van der Waals surface area (Å²) in [4.78, 5) is 10.2. The predicted molar refractivity (Wildman–Crippen MR) is 65.9 cm³/mol. The summed E-state index contributed by atoms with van der Waals surface area (Å²) in [6, 6.07) is 7.76. The average molecular weight is 268 g/mol. The second-order valence-electron chi connectivity index (χ2n) is 3.58. The quantitative estimate of drug-likeness (QED) is 0.630. The first kappa shape index (κ1) is 12.5. The number of nitro benzene ring substituents is 1. The van der Waals surface area contributed by atoms with E-state index in [-0.39, 0.29) is 5.69 Å². The summed E-state index contributed by atoms with van der Waals surface area (Å²) in [6.45, 7) is 0.335. The van der Waals surface area contributed by atoms with Crippen LogP contribution in [0, 0.1) is 10.1 Å². The zero-order chi connectivity index (χ0) is 13.1. The lowest BCUT2D eigenvalue weighted by molar-refractivity contribution is -0.384. The predicted octanol–water partition coefficient (Wildman–Crippen LogP) is 2.58. The number of nitro groups is 1. The Morgan fingerprint density at radius 1 is 1.50 bits per heavy atom. The lowest BCUT2D eigenvalue weighted by atomic mass is 10.3. The van der Waals surface area contributed by atoms with Crippen LogP contribution in [0.5, 0.6) is 0 Å². The van der Waals surface area contributed by atoms with Gasteiger partial charge in [-0.1, -0.05) is 17.7 Å². The molecule has 0 saturated heterocycles. The summed E-state index contributed by atoms with van der Waals surface area (Å²) in [7, 11) is 1.56. The first-order valence-electron chi connectivity index (χ1n) is 5.10. The summed E-state index contributed by atoms with van der Waals surface area (Å²) in [5.74, 6) is 0. The molecule has 0 N–H and O–H groups in total.